The lowest BCUT2D eigenvalue weighted by Crippen LogP contribution is -2.21. The first kappa shape index (κ1) is 16.2. The molecule has 1 aliphatic rings. The van der Waals surface area contributed by atoms with Crippen molar-refractivity contribution in [2.75, 3.05) is 10.6 Å². The lowest BCUT2D eigenvalue weighted by atomic mass is 9.85. The van der Waals surface area contributed by atoms with Gasteiger partial charge in [-0.1, -0.05) is 42.5 Å². The predicted molar refractivity (Wildman–Crippen MR) is 102 cm³/mol. The van der Waals surface area contributed by atoms with Gasteiger partial charge in [-0.25, -0.2) is 0 Å². The third-order valence-electron chi connectivity index (χ3n) is 4.00. The molecule has 5 heteroatoms. The minimum absolute atomic E-state index is 0.136. The zero-order valence-corrected chi connectivity index (χ0v) is 14.0. The monoisotopic (exact) mass is 337 g/mol. The second-order valence-electron chi connectivity index (χ2n) is 5.81. The van der Waals surface area contributed by atoms with Crippen LogP contribution < -0.4 is 16.4 Å². The maximum absolute atomic E-state index is 12.1. The molecule has 1 unspecified atom stereocenters. The number of nitrogens with one attached hydrogen (secondary N) is 2. The van der Waals surface area contributed by atoms with Crippen molar-refractivity contribution in [2.45, 2.75) is 18.8 Å². The van der Waals surface area contributed by atoms with E-state index in [-0.39, 0.29) is 16.8 Å². The normalized spacial score (nSPS) is 17.1. The Kier molecular flexibility index (Phi) is 4.91. The second kappa shape index (κ2) is 7.27. The number of carbonyl (C=O) groups excluding carboxylic acids is 1. The summed E-state index contributed by atoms with van der Waals surface area (Å²) in [5, 5.41) is 6.51. The highest BCUT2D eigenvalue weighted by atomic mass is 32.1. The topological polar surface area (TPSA) is 67.2 Å². The average Bonchev–Trinajstić information content (AvgIpc) is 2.56. The Morgan fingerprint density at radius 1 is 1.00 bits per heavy atom. The molecule has 0 bridgehead atoms. The number of rotatable bonds is 4. The van der Waals surface area contributed by atoms with Gasteiger partial charge in [0.2, 0.25) is 0 Å². The van der Waals surface area contributed by atoms with Gasteiger partial charge in [-0.2, -0.15) is 0 Å². The van der Waals surface area contributed by atoms with E-state index in [4.69, 9.17) is 18.0 Å². The van der Waals surface area contributed by atoms with E-state index >= 15 is 0 Å². The van der Waals surface area contributed by atoms with E-state index in [0.717, 1.165) is 23.5 Å². The lowest BCUT2D eigenvalue weighted by molar-refractivity contribution is -0.115. The molecule has 0 fully saturated rings. The Bertz CT molecular complexity index is 786. The van der Waals surface area contributed by atoms with Gasteiger partial charge in [0.15, 0.2) is 10.9 Å². The van der Waals surface area contributed by atoms with E-state index in [1.54, 1.807) is 6.08 Å². The zero-order valence-electron chi connectivity index (χ0n) is 13.2. The molecule has 4 N–H and O–H groups in total. The fourth-order valence-corrected chi connectivity index (χ4v) is 3.06. The van der Waals surface area contributed by atoms with Crippen LogP contribution in [-0.2, 0) is 4.79 Å². The molecule has 1 aliphatic carbocycles. The summed E-state index contributed by atoms with van der Waals surface area (Å²) in [4.78, 5) is 12.1. The van der Waals surface area contributed by atoms with Crippen LogP contribution in [0.4, 0.5) is 11.4 Å². The molecule has 0 spiro atoms. The van der Waals surface area contributed by atoms with Crippen molar-refractivity contribution < 1.29 is 4.79 Å². The van der Waals surface area contributed by atoms with Crippen LogP contribution in [-0.4, -0.2) is 10.9 Å². The van der Waals surface area contributed by atoms with Gasteiger partial charge >= 0.3 is 0 Å². The van der Waals surface area contributed by atoms with Crippen molar-refractivity contribution in [3.63, 3.8) is 0 Å². The van der Waals surface area contributed by atoms with Gasteiger partial charge in [-0.3, -0.25) is 4.79 Å². The fourth-order valence-electron chi connectivity index (χ4n) is 2.95. The summed E-state index contributed by atoms with van der Waals surface area (Å²) in [6.07, 6.45) is 3.02. The summed E-state index contributed by atoms with van der Waals surface area (Å²) < 4.78 is 0. The van der Waals surface area contributed by atoms with Crippen molar-refractivity contribution >= 4 is 34.5 Å². The van der Waals surface area contributed by atoms with Gasteiger partial charge in [0.1, 0.15) is 0 Å². The Balaban J connectivity index is 1.80. The van der Waals surface area contributed by atoms with E-state index in [1.807, 2.05) is 42.5 Å². The van der Waals surface area contributed by atoms with Gasteiger partial charge in [0.05, 0.1) is 11.4 Å². The van der Waals surface area contributed by atoms with Crippen molar-refractivity contribution in [1.29, 1.82) is 0 Å². The standard InChI is InChI=1S/C19H19N3OS/c20-19(24)22-18-9-5-4-8-17(18)21-15-10-14(11-16(23)12-15)13-6-2-1-3-7-13/h1-9,12,14,21H,10-11H2,(H3,20,22,24). The predicted octanol–water partition coefficient (Wildman–Crippen LogP) is 3.78. The molecule has 4 nitrogen and oxygen atoms in total. The summed E-state index contributed by atoms with van der Waals surface area (Å²) in [6.45, 7) is 0. The van der Waals surface area contributed by atoms with E-state index in [0.29, 0.717) is 6.42 Å². The molecule has 0 heterocycles. The minimum Gasteiger partial charge on any atom is -0.376 e. The number of hydrogen-bond donors (Lipinski definition) is 3. The molecule has 3 rings (SSSR count). The van der Waals surface area contributed by atoms with Crippen LogP contribution in [0.15, 0.2) is 66.4 Å². The lowest BCUT2D eigenvalue weighted by Gasteiger charge is -2.24. The number of allylic oxidation sites excluding steroid dienone is 2. The molecule has 0 amide bonds. The molecule has 0 aromatic heterocycles. The summed E-state index contributed by atoms with van der Waals surface area (Å²) in [7, 11) is 0. The Hall–Kier alpha value is -2.66. The number of nitrogens with two attached hydrogens (primary N) is 1. The van der Waals surface area contributed by atoms with Crippen molar-refractivity contribution in [2.24, 2.45) is 5.73 Å². The molecule has 24 heavy (non-hydrogen) atoms. The van der Waals surface area contributed by atoms with E-state index in [1.165, 1.54) is 5.56 Å². The first-order chi connectivity index (χ1) is 11.6. The quantitative estimate of drug-likeness (QED) is 0.741. The van der Waals surface area contributed by atoms with Crippen LogP contribution in [0.2, 0.25) is 0 Å². The zero-order chi connectivity index (χ0) is 16.9. The van der Waals surface area contributed by atoms with Crippen LogP contribution in [0, 0.1) is 0 Å². The third kappa shape index (κ3) is 4.00. The number of ketones is 1. The molecule has 0 saturated heterocycles. The SMILES string of the molecule is NC(=S)Nc1ccccc1NC1=CC(=O)CC(c2ccccc2)C1. The number of anilines is 2. The van der Waals surface area contributed by atoms with Gasteiger partial charge in [-0.15, -0.1) is 0 Å². The second-order valence-corrected chi connectivity index (χ2v) is 6.25. The molecule has 0 aliphatic heterocycles. The molecule has 122 valence electrons. The fraction of sp³-hybridized carbons (Fsp3) is 0.158. The highest BCUT2D eigenvalue weighted by Crippen LogP contribution is 2.33. The molecule has 2 aromatic rings. The summed E-state index contributed by atoms with van der Waals surface area (Å²) in [6, 6.07) is 17.8. The molecular formula is C19H19N3OS. The molecule has 1 atom stereocenters. The van der Waals surface area contributed by atoms with Crippen LogP contribution in [0.1, 0.15) is 24.3 Å². The molecule has 0 saturated carbocycles. The maximum Gasteiger partial charge on any atom is 0.168 e. The number of para-hydroxylation sites is 2. The third-order valence-corrected chi connectivity index (χ3v) is 4.10. The average molecular weight is 337 g/mol. The highest BCUT2D eigenvalue weighted by Gasteiger charge is 2.22. The van der Waals surface area contributed by atoms with E-state index in [9.17, 15) is 4.79 Å². The van der Waals surface area contributed by atoms with Crippen LogP contribution in [0.25, 0.3) is 0 Å². The van der Waals surface area contributed by atoms with Gasteiger partial charge in [0.25, 0.3) is 0 Å². The van der Waals surface area contributed by atoms with Gasteiger partial charge in [-0.05, 0) is 42.3 Å². The Morgan fingerprint density at radius 2 is 1.67 bits per heavy atom. The first-order valence-corrected chi connectivity index (χ1v) is 8.23. The number of carbonyl (C=O) groups is 1. The van der Waals surface area contributed by atoms with E-state index in [2.05, 4.69) is 22.8 Å². The number of hydrogen-bond acceptors (Lipinski definition) is 3. The van der Waals surface area contributed by atoms with Crippen LogP contribution >= 0.6 is 12.2 Å². The van der Waals surface area contributed by atoms with Gasteiger partial charge in [0, 0.05) is 18.2 Å². The maximum atomic E-state index is 12.1. The largest absolute Gasteiger partial charge is 0.376 e. The summed E-state index contributed by atoms with van der Waals surface area (Å²) in [5.74, 6) is 0.333. The van der Waals surface area contributed by atoms with Crippen LogP contribution in [0.5, 0.6) is 0 Å². The highest BCUT2D eigenvalue weighted by molar-refractivity contribution is 7.80. The van der Waals surface area contributed by atoms with E-state index < -0.39 is 0 Å². The van der Waals surface area contributed by atoms with Crippen molar-refractivity contribution in [1.82, 2.24) is 0 Å². The van der Waals surface area contributed by atoms with Crippen molar-refractivity contribution in [3.05, 3.63) is 71.9 Å². The molecular weight excluding hydrogens is 318 g/mol. The smallest absolute Gasteiger partial charge is 0.168 e. The van der Waals surface area contributed by atoms with Crippen molar-refractivity contribution in [3.8, 4) is 0 Å². The van der Waals surface area contributed by atoms with Gasteiger partial charge < -0.3 is 16.4 Å². The Morgan fingerprint density at radius 3 is 2.38 bits per heavy atom. The summed E-state index contributed by atoms with van der Waals surface area (Å²) >= 11 is 4.91. The molecule has 0 radical (unpaired) electrons. The minimum atomic E-state index is 0.136. The first-order valence-electron chi connectivity index (χ1n) is 7.82. The number of benzene rings is 2. The Labute approximate surface area is 146 Å². The van der Waals surface area contributed by atoms with Crippen LogP contribution in [0.3, 0.4) is 0 Å². The summed E-state index contributed by atoms with van der Waals surface area (Å²) in [5.41, 5.74) is 9.30. The molecule has 2 aromatic carbocycles. The number of thiocarbonyl (C=S) groups is 1.